The van der Waals surface area contributed by atoms with E-state index in [1.165, 1.54) is 19.3 Å². The molecule has 0 aliphatic heterocycles. The van der Waals surface area contributed by atoms with Crippen molar-refractivity contribution in [1.29, 1.82) is 0 Å². The third kappa shape index (κ3) is 3.57. The minimum absolute atomic E-state index is 0.157. The Labute approximate surface area is 77.2 Å². The van der Waals surface area contributed by atoms with Crippen LogP contribution in [0, 0.1) is 5.41 Å². The van der Waals surface area contributed by atoms with Gasteiger partial charge >= 0.3 is 0 Å². The van der Waals surface area contributed by atoms with Crippen molar-refractivity contribution < 1.29 is 5.11 Å². The standard InChI is InChI=1S/C11H24O/c1-5-7-9-11(4,8-6-2)10(3)12/h10,12H,5-9H2,1-4H3. The van der Waals surface area contributed by atoms with Crippen LogP contribution in [-0.4, -0.2) is 11.2 Å². The van der Waals surface area contributed by atoms with Crippen LogP contribution in [0.4, 0.5) is 0 Å². The molecule has 0 aliphatic rings. The van der Waals surface area contributed by atoms with E-state index in [-0.39, 0.29) is 11.5 Å². The first kappa shape index (κ1) is 12.0. The van der Waals surface area contributed by atoms with Crippen molar-refractivity contribution in [1.82, 2.24) is 0 Å². The van der Waals surface area contributed by atoms with E-state index in [2.05, 4.69) is 20.8 Å². The minimum atomic E-state index is -0.163. The van der Waals surface area contributed by atoms with Gasteiger partial charge in [0.05, 0.1) is 6.10 Å². The van der Waals surface area contributed by atoms with Gasteiger partial charge in [-0.3, -0.25) is 0 Å². The van der Waals surface area contributed by atoms with Crippen molar-refractivity contribution >= 4 is 0 Å². The van der Waals surface area contributed by atoms with Gasteiger partial charge < -0.3 is 5.11 Å². The van der Waals surface area contributed by atoms with Gasteiger partial charge in [0.2, 0.25) is 0 Å². The molecule has 0 rings (SSSR count). The van der Waals surface area contributed by atoms with Crippen LogP contribution < -0.4 is 0 Å². The number of unbranched alkanes of at least 4 members (excludes halogenated alkanes) is 1. The second-order valence-electron chi connectivity index (χ2n) is 4.18. The summed E-state index contributed by atoms with van der Waals surface area (Å²) in [5.41, 5.74) is 0.157. The molecule has 0 spiro atoms. The summed E-state index contributed by atoms with van der Waals surface area (Å²) >= 11 is 0. The Kier molecular flexibility index (Phi) is 5.56. The van der Waals surface area contributed by atoms with Gasteiger partial charge in [0.15, 0.2) is 0 Å². The second kappa shape index (κ2) is 5.58. The number of aliphatic hydroxyl groups is 1. The summed E-state index contributed by atoms with van der Waals surface area (Å²) in [7, 11) is 0. The Balaban J connectivity index is 3.99. The van der Waals surface area contributed by atoms with Crippen LogP contribution in [0.1, 0.15) is 59.8 Å². The van der Waals surface area contributed by atoms with Crippen LogP contribution in [-0.2, 0) is 0 Å². The van der Waals surface area contributed by atoms with Gasteiger partial charge in [-0.25, -0.2) is 0 Å². The summed E-state index contributed by atoms with van der Waals surface area (Å²) in [5.74, 6) is 0. The van der Waals surface area contributed by atoms with Crippen molar-refractivity contribution in [2.75, 3.05) is 0 Å². The summed E-state index contributed by atoms with van der Waals surface area (Å²) in [4.78, 5) is 0. The molecule has 1 nitrogen and oxygen atoms in total. The van der Waals surface area contributed by atoms with Gasteiger partial charge in [0.1, 0.15) is 0 Å². The zero-order chi connectivity index (χ0) is 9.61. The Morgan fingerprint density at radius 1 is 1.17 bits per heavy atom. The van der Waals surface area contributed by atoms with Crippen molar-refractivity contribution in [3.63, 3.8) is 0 Å². The molecule has 0 bridgehead atoms. The Hall–Kier alpha value is -0.0400. The molecule has 0 saturated carbocycles. The molecule has 0 amide bonds. The van der Waals surface area contributed by atoms with E-state index < -0.39 is 0 Å². The highest BCUT2D eigenvalue weighted by atomic mass is 16.3. The molecule has 0 aromatic heterocycles. The molecular formula is C11H24O. The predicted molar refractivity (Wildman–Crippen MR) is 54.2 cm³/mol. The second-order valence-corrected chi connectivity index (χ2v) is 4.18. The first-order valence-corrected chi connectivity index (χ1v) is 5.25. The molecule has 1 N–H and O–H groups in total. The van der Waals surface area contributed by atoms with Crippen LogP contribution in [0.25, 0.3) is 0 Å². The lowest BCUT2D eigenvalue weighted by molar-refractivity contribution is 0.0364. The summed E-state index contributed by atoms with van der Waals surface area (Å²) in [5, 5.41) is 9.63. The molecule has 0 saturated heterocycles. The zero-order valence-corrected chi connectivity index (χ0v) is 9.06. The maximum Gasteiger partial charge on any atom is 0.0565 e. The van der Waals surface area contributed by atoms with Gasteiger partial charge in [-0.1, -0.05) is 40.0 Å². The van der Waals surface area contributed by atoms with E-state index in [9.17, 15) is 5.11 Å². The van der Waals surface area contributed by atoms with Gasteiger partial charge in [-0.2, -0.15) is 0 Å². The quantitative estimate of drug-likeness (QED) is 0.651. The maximum atomic E-state index is 9.63. The molecule has 2 atom stereocenters. The zero-order valence-electron chi connectivity index (χ0n) is 9.06. The average Bonchev–Trinajstić information content (AvgIpc) is 2.01. The van der Waals surface area contributed by atoms with E-state index >= 15 is 0 Å². The lowest BCUT2D eigenvalue weighted by atomic mass is 9.76. The molecule has 74 valence electrons. The van der Waals surface area contributed by atoms with Gasteiger partial charge in [-0.05, 0) is 25.2 Å². The lowest BCUT2D eigenvalue weighted by Crippen LogP contribution is -2.29. The van der Waals surface area contributed by atoms with Crippen LogP contribution in [0.3, 0.4) is 0 Å². The normalized spacial score (nSPS) is 18.8. The number of rotatable bonds is 6. The van der Waals surface area contributed by atoms with Gasteiger partial charge in [-0.15, -0.1) is 0 Å². The van der Waals surface area contributed by atoms with Crippen LogP contribution >= 0.6 is 0 Å². The fourth-order valence-corrected chi connectivity index (χ4v) is 1.69. The van der Waals surface area contributed by atoms with Crippen molar-refractivity contribution in [3.8, 4) is 0 Å². The summed E-state index contributed by atoms with van der Waals surface area (Å²) in [6, 6.07) is 0. The molecular weight excluding hydrogens is 148 g/mol. The Morgan fingerprint density at radius 2 is 1.75 bits per heavy atom. The molecule has 1 heteroatoms. The highest BCUT2D eigenvalue weighted by Gasteiger charge is 2.27. The average molecular weight is 172 g/mol. The topological polar surface area (TPSA) is 20.2 Å². The fraction of sp³-hybridized carbons (Fsp3) is 1.00. The molecule has 0 radical (unpaired) electrons. The van der Waals surface area contributed by atoms with Crippen LogP contribution in [0.5, 0.6) is 0 Å². The first-order valence-electron chi connectivity index (χ1n) is 5.25. The Morgan fingerprint density at radius 3 is 2.08 bits per heavy atom. The molecule has 0 aromatic carbocycles. The lowest BCUT2D eigenvalue weighted by Gasteiger charge is -2.32. The third-order valence-electron chi connectivity index (χ3n) is 2.93. The molecule has 0 fully saturated rings. The SMILES string of the molecule is CCCCC(C)(CCC)C(C)O. The van der Waals surface area contributed by atoms with E-state index in [0.29, 0.717) is 0 Å². The van der Waals surface area contributed by atoms with Gasteiger partial charge in [0, 0.05) is 0 Å². The smallest absolute Gasteiger partial charge is 0.0565 e. The molecule has 2 unspecified atom stereocenters. The van der Waals surface area contributed by atoms with Crippen molar-refractivity contribution in [3.05, 3.63) is 0 Å². The van der Waals surface area contributed by atoms with E-state index in [1.54, 1.807) is 0 Å². The van der Waals surface area contributed by atoms with Crippen LogP contribution in [0.15, 0.2) is 0 Å². The maximum absolute atomic E-state index is 9.63. The largest absolute Gasteiger partial charge is 0.393 e. The van der Waals surface area contributed by atoms with E-state index in [1.807, 2.05) is 6.92 Å². The Bertz CT molecular complexity index is 110. The number of hydrogen-bond acceptors (Lipinski definition) is 1. The van der Waals surface area contributed by atoms with E-state index in [4.69, 9.17) is 0 Å². The van der Waals surface area contributed by atoms with Gasteiger partial charge in [0.25, 0.3) is 0 Å². The van der Waals surface area contributed by atoms with Crippen molar-refractivity contribution in [2.45, 2.75) is 65.9 Å². The summed E-state index contributed by atoms with van der Waals surface area (Å²) < 4.78 is 0. The predicted octanol–water partition coefficient (Wildman–Crippen LogP) is 3.36. The molecule has 0 aliphatic carbocycles. The molecule has 0 aromatic rings. The molecule has 0 heterocycles. The number of hydrogen-bond donors (Lipinski definition) is 1. The monoisotopic (exact) mass is 172 g/mol. The fourth-order valence-electron chi connectivity index (χ4n) is 1.69. The van der Waals surface area contributed by atoms with Crippen molar-refractivity contribution in [2.24, 2.45) is 5.41 Å². The number of aliphatic hydroxyl groups excluding tert-OH is 1. The molecule has 12 heavy (non-hydrogen) atoms. The van der Waals surface area contributed by atoms with Crippen LogP contribution in [0.2, 0.25) is 0 Å². The first-order chi connectivity index (χ1) is 5.56. The summed E-state index contributed by atoms with van der Waals surface area (Å²) in [6.45, 7) is 8.52. The van der Waals surface area contributed by atoms with E-state index in [0.717, 1.165) is 12.8 Å². The minimum Gasteiger partial charge on any atom is -0.393 e. The highest BCUT2D eigenvalue weighted by Crippen LogP contribution is 2.33. The highest BCUT2D eigenvalue weighted by molar-refractivity contribution is 4.78. The third-order valence-corrected chi connectivity index (χ3v) is 2.93. The summed E-state index contributed by atoms with van der Waals surface area (Å²) in [6.07, 6.45) is 5.78.